The Labute approximate surface area is 125 Å². The summed E-state index contributed by atoms with van der Waals surface area (Å²) in [6, 6.07) is 14.9. The van der Waals surface area contributed by atoms with Gasteiger partial charge < -0.3 is 4.90 Å². The Morgan fingerprint density at radius 3 is 2.25 bits per heavy atom. The molecule has 2 aromatic rings. The molecule has 0 aliphatic rings. The van der Waals surface area contributed by atoms with Crippen molar-refractivity contribution in [1.29, 1.82) is 0 Å². The van der Waals surface area contributed by atoms with Gasteiger partial charge in [0.05, 0.1) is 0 Å². The van der Waals surface area contributed by atoms with Crippen LogP contribution in [0.1, 0.15) is 28.4 Å². The van der Waals surface area contributed by atoms with E-state index >= 15 is 0 Å². The number of hydrogen-bond donors (Lipinski definition) is 0. The summed E-state index contributed by atoms with van der Waals surface area (Å²) >= 11 is 5.87. The highest BCUT2D eigenvalue weighted by Crippen LogP contribution is 2.14. The van der Waals surface area contributed by atoms with Crippen LogP contribution in [0.3, 0.4) is 0 Å². The monoisotopic (exact) mass is 286 g/mol. The van der Waals surface area contributed by atoms with E-state index in [9.17, 15) is 4.79 Å². The third-order valence-electron chi connectivity index (χ3n) is 3.16. The lowest BCUT2D eigenvalue weighted by Gasteiger charge is -2.21. The number of halogens is 1. The minimum Gasteiger partial charge on any atom is -0.335 e. The predicted molar refractivity (Wildman–Crippen MR) is 82.8 cm³/mol. The quantitative estimate of drug-likeness (QED) is 0.825. The van der Waals surface area contributed by atoms with E-state index in [1.54, 1.807) is 4.90 Å². The average molecular weight is 287 g/mol. The molecule has 2 aromatic carbocycles. The van der Waals surface area contributed by atoms with Crippen LogP contribution >= 0.6 is 11.6 Å². The highest BCUT2D eigenvalue weighted by molar-refractivity contribution is 6.30. The van der Waals surface area contributed by atoms with Gasteiger partial charge in [-0.1, -0.05) is 35.9 Å². The van der Waals surface area contributed by atoms with E-state index in [0.29, 0.717) is 23.7 Å². The minimum absolute atomic E-state index is 0.0300. The summed E-state index contributed by atoms with van der Waals surface area (Å²) in [5.74, 6) is 0.0300. The molecule has 0 unspecified atom stereocenters. The number of amides is 1. The highest BCUT2D eigenvalue weighted by Gasteiger charge is 2.14. The van der Waals surface area contributed by atoms with Crippen molar-refractivity contribution in [3.63, 3.8) is 0 Å². The Hall–Kier alpha value is -1.80. The van der Waals surface area contributed by atoms with Crippen LogP contribution in [-0.2, 0) is 6.54 Å². The molecule has 0 saturated carbocycles. The number of hydrogen-bond acceptors (Lipinski definition) is 1. The molecule has 20 heavy (non-hydrogen) atoms. The largest absolute Gasteiger partial charge is 0.335 e. The standard InChI is InChI=1S/C17H17ClNO/c1-3-19(12-14-6-10-16(18)11-7-14)17(20)15-8-4-13(2)5-9-15/h4-11H,2-3,12H2,1H3. The smallest absolute Gasteiger partial charge is 0.254 e. The molecule has 0 saturated heterocycles. The van der Waals surface area contributed by atoms with Gasteiger partial charge >= 0.3 is 0 Å². The van der Waals surface area contributed by atoms with E-state index in [1.807, 2.05) is 55.5 Å². The molecule has 0 spiro atoms. The lowest BCUT2D eigenvalue weighted by molar-refractivity contribution is 0.0752. The van der Waals surface area contributed by atoms with Crippen molar-refractivity contribution >= 4 is 17.5 Å². The van der Waals surface area contributed by atoms with Crippen LogP contribution in [0.15, 0.2) is 48.5 Å². The predicted octanol–water partition coefficient (Wildman–Crippen LogP) is 4.18. The second-order valence-electron chi connectivity index (χ2n) is 4.64. The van der Waals surface area contributed by atoms with Crippen LogP contribution in [0.2, 0.25) is 5.02 Å². The first-order valence-corrected chi connectivity index (χ1v) is 6.93. The fourth-order valence-corrected chi connectivity index (χ4v) is 2.09. The lowest BCUT2D eigenvalue weighted by Crippen LogP contribution is -2.30. The van der Waals surface area contributed by atoms with Crippen LogP contribution < -0.4 is 0 Å². The summed E-state index contributed by atoms with van der Waals surface area (Å²) in [5, 5.41) is 0.703. The van der Waals surface area contributed by atoms with Crippen molar-refractivity contribution < 1.29 is 4.79 Å². The maximum atomic E-state index is 12.4. The third kappa shape index (κ3) is 3.61. The summed E-state index contributed by atoms with van der Waals surface area (Å²) in [6.07, 6.45) is 0. The molecular formula is C17H17ClNO. The summed E-state index contributed by atoms with van der Waals surface area (Å²) in [7, 11) is 0. The average Bonchev–Trinajstić information content (AvgIpc) is 2.47. The first-order valence-electron chi connectivity index (χ1n) is 6.56. The molecule has 0 aliphatic heterocycles. The van der Waals surface area contributed by atoms with E-state index in [2.05, 4.69) is 6.92 Å². The van der Waals surface area contributed by atoms with Gasteiger partial charge in [0.15, 0.2) is 0 Å². The van der Waals surface area contributed by atoms with Crippen molar-refractivity contribution in [3.8, 4) is 0 Å². The lowest BCUT2D eigenvalue weighted by atomic mass is 10.1. The van der Waals surface area contributed by atoms with Crippen molar-refractivity contribution in [1.82, 2.24) is 4.90 Å². The van der Waals surface area contributed by atoms with Gasteiger partial charge in [0.25, 0.3) is 5.91 Å². The van der Waals surface area contributed by atoms with Crippen LogP contribution in [0.5, 0.6) is 0 Å². The first-order chi connectivity index (χ1) is 9.60. The van der Waals surface area contributed by atoms with Gasteiger partial charge in [-0.25, -0.2) is 0 Å². The molecule has 1 radical (unpaired) electrons. The second-order valence-corrected chi connectivity index (χ2v) is 5.08. The minimum atomic E-state index is 0.0300. The Balaban J connectivity index is 2.13. The highest BCUT2D eigenvalue weighted by atomic mass is 35.5. The fourth-order valence-electron chi connectivity index (χ4n) is 1.97. The van der Waals surface area contributed by atoms with Crippen molar-refractivity contribution in [2.45, 2.75) is 13.5 Å². The van der Waals surface area contributed by atoms with Gasteiger partial charge in [-0.2, -0.15) is 0 Å². The van der Waals surface area contributed by atoms with E-state index < -0.39 is 0 Å². The Morgan fingerprint density at radius 1 is 1.10 bits per heavy atom. The molecule has 0 N–H and O–H groups in total. The topological polar surface area (TPSA) is 20.3 Å². The number of carbonyl (C=O) groups is 1. The van der Waals surface area contributed by atoms with Gasteiger partial charge in [0.1, 0.15) is 0 Å². The molecule has 3 heteroatoms. The number of benzene rings is 2. The molecule has 0 fully saturated rings. The number of rotatable bonds is 4. The number of nitrogens with zero attached hydrogens (tertiary/aromatic N) is 1. The van der Waals surface area contributed by atoms with Crippen molar-refractivity contribution in [3.05, 3.63) is 77.2 Å². The van der Waals surface area contributed by atoms with Crippen LogP contribution in [0, 0.1) is 6.92 Å². The maximum absolute atomic E-state index is 12.4. The zero-order valence-electron chi connectivity index (χ0n) is 11.5. The van der Waals surface area contributed by atoms with E-state index in [4.69, 9.17) is 11.6 Å². The molecule has 103 valence electrons. The summed E-state index contributed by atoms with van der Waals surface area (Å²) in [5.41, 5.74) is 2.66. The first kappa shape index (κ1) is 14.6. The normalized spacial score (nSPS) is 10.3. The van der Waals surface area contributed by atoms with Crippen molar-refractivity contribution in [2.24, 2.45) is 0 Å². The Kier molecular flexibility index (Phi) is 4.80. The SMILES string of the molecule is [CH2]c1ccc(C(=O)N(CC)Cc2ccc(Cl)cc2)cc1. The molecule has 0 aliphatic carbocycles. The zero-order valence-corrected chi connectivity index (χ0v) is 12.2. The van der Waals surface area contributed by atoms with Gasteiger partial charge in [-0.3, -0.25) is 4.79 Å². The summed E-state index contributed by atoms with van der Waals surface area (Å²) < 4.78 is 0. The fraction of sp³-hybridized carbons (Fsp3) is 0.176. The molecule has 1 amide bonds. The molecule has 0 bridgehead atoms. The Bertz CT molecular complexity index is 575. The van der Waals surface area contributed by atoms with Gasteiger partial charge in [0.2, 0.25) is 0 Å². The van der Waals surface area contributed by atoms with Gasteiger partial charge in [-0.05, 0) is 49.2 Å². The van der Waals surface area contributed by atoms with E-state index in [1.165, 1.54) is 0 Å². The second kappa shape index (κ2) is 6.58. The molecule has 2 nitrogen and oxygen atoms in total. The van der Waals surface area contributed by atoms with E-state index in [0.717, 1.165) is 11.1 Å². The molecule has 0 aromatic heterocycles. The molecular weight excluding hydrogens is 270 g/mol. The van der Waals surface area contributed by atoms with Crippen LogP contribution in [0.25, 0.3) is 0 Å². The van der Waals surface area contributed by atoms with Crippen LogP contribution in [-0.4, -0.2) is 17.4 Å². The Morgan fingerprint density at radius 2 is 1.70 bits per heavy atom. The van der Waals surface area contributed by atoms with E-state index in [-0.39, 0.29) is 5.91 Å². The maximum Gasteiger partial charge on any atom is 0.254 e. The summed E-state index contributed by atoms with van der Waals surface area (Å²) in [6.45, 7) is 7.04. The van der Waals surface area contributed by atoms with Crippen molar-refractivity contribution in [2.75, 3.05) is 6.54 Å². The molecule has 0 atom stereocenters. The number of carbonyl (C=O) groups excluding carboxylic acids is 1. The zero-order chi connectivity index (χ0) is 14.5. The van der Waals surface area contributed by atoms with Gasteiger partial charge in [0, 0.05) is 23.7 Å². The molecule has 0 heterocycles. The molecule has 2 rings (SSSR count). The van der Waals surface area contributed by atoms with Crippen LogP contribution in [0.4, 0.5) is 0 Å². The van der Waals surface area contributed by atoms with Gasteiger partial charge in [-0.15, -0.1) is 0 Å². The summed E-state index contributed by atoms with van der Waals surface area (Å²) in [4.78, 5) is 14.2. The third-order valence-corrected chi connectivity index (χ3v) is 3.41.